The quantitative estimate of drug-likeness (QED) is 0.861. The zero-order valence-electron chi connectivity index (χ0n) is 11.1. The van der Waals surface area contributed by atoms with Crippen LogP contribution in [0.15, 0.2) is 32.9 Å². The number of anilines is 1. The van der Waals surface area contributed by atoms with Gasteiger partial charge in [-0.05, 0) is 64.5 Å². The Bertz CT molecular complexity index is 739. The van der Waals surface area contributed by atoms with E-state index in [4.69, 9.17) is 5.14 Å². The summed E-state index contributed by atoms with van der Waals surface area (Å²) < 4.78 is 24.0. The van der Waals surface area contributed by atoms with Crippen LogP contribution in [0.3, 0.4) is 0 Å². The molecule has 0 saturated heterocycles. The van der Waals surface area contributed by atoms with E-state index in [-0.39, 0.29) is 4.90 Å². The van der Waals surface area contributed by atoms with Crippen molar-refractivity contribution >= 4 is 43.0 Å². The van der Waals surface area contributed by atoms with Gasteiger partial charge in [-0.1, -0.05) is 0 Å². The van der Waals surface area contributed by atoms with Gasteiger partial charge in [0.2, 0.25) is 10.0 Å². The Labute approximate surface area is 131 Å². The van der Waals surface area contributed by atoms with Gasteiger partial charge in [0.1, 0.15) is 0 Å². The van der Waals surface area contributed by atoms with E-state index in [9.17, 15) is 8.42 Å². The van der Waals surface area contributed by atoms with Crippen LogP contribution >= 0.6 is 27.3 Å². The van der Waals surface area contributed by atoms with Gasteiger partial charge in [-0.2, -0.15) is 0 Å². The van der Waals surface area contributed by atoms with Gasteiger partial charge in [0, 0.05) is 15.0 Å². The third kappa shape index (κ3) is 3.41. The van der Waals surface area contributed by atoms with Crippen molar-refractivity contribution in [3.05, 3.63) is 44.1 Å². The van der Waals surface area contributed by atoms with Crippen molar-refractivity contribution in [2.75, 3.05) is 5.32 Å². The van der Waals surface area contributed by atoms with Crippen LogP contribution in [0, 0.1) is 13.8 Å². The molecule has 1 aromatic heterocycles. The smallest absolute Gasteiger partial charge is 0.238 e. The summed E-state index contributed by atoms with van der Waals surface area (Å²) in [7, 11) is -3.69. The van der Waals surface area contributed by atoms with Crippen molar-refractivity contribution < 1.29 is 8.42 Å². The summed E-state index contributed by atoms with van der Waals surface area (Å²) >= 11 is 5.11. The molecular formula is C13H15BrN2O2S2. The second kappa shape index (κ2) is 5.85. The summed E-state index contributed by atoms with van der Waals surface area (Å²) in [6.07, 6.45) is 0. The number of halogens is 1. The van der Waals surface area contributed by atoms with E-state index < -0.39 is 10.0 Å². The molecule has 0 radical (unpaired) electrons. The number of sulfonamides is 1. The molecule has 0 amide bonds. The molecule has 0 saturated carbocycles. The number of nitrogens with one attached hydrogen (secondary N) is 1. The molecular weight excluding hydrogens is 360 g/mol. The molecule has 0 aliphatic heterocycles. The molecule has 3 N–H and O–H groups in total. The molecule has 2 rings (SSSR count). The van der Waals surface area contributed by atoms with Crippen LogP contribution in [0.2, 0.25) is 0 Å². The Morgan fingerprint density at radius 3 is 2.60 bits per heavy atom. The molecule has 7 heteroatoms. The number of aryl methyl sites for hydroxylation is 1. The number of nitrogens with two attached hydrogens (primary N) is 1. The fourth-order valence-electron chi connectivity index (χ4n) is 1.80. The number of thiophene rings is 1. The SMILES string of the molecule is Cc1cc(S(N)(=O)=O)cc(NCc2sccc2Br)c1C. The number of primary sulfonamides is 1. The third-order valence-corrected chi connectivity index (χ3v) is 5.92. The fraction of sp³-hybridized carbons (Fsp3) is 0.231. The lowest BCUT2D eigenvalue weighted by Crippen LogP contribution is -2.13. The normalized spacial score (nSPS) is 11.6. The van der Waals surface area contributed by atoms with Gasteiger partial charge in [0.25, 0.3) is 0 Å². The molecule has 4 nitrogen and oxygen atoms in total. The Morgan fingerprint density at radius 2 is 2.05 bits per heavy atom. The molecule has 0 atom stereocenters. The van der Waals surface area contributed by atoms with E-state index in [2.05, 4.69) is 21.2 Å². The number of rotatable bonds is 4. The standard InChI is InChI=1S/C13H15BrN2O2S2/c1-8-5-10(20(15,17)18)6-12(9(8)2)16-7-13-11(14)3-4-19-13/h3-6,16H,7H2,1-2H3,(H2,15,17,18). The maximum Gasteiger partial charge on any atom is 0.238 e. The molecule has 1 heterocycles. The molecule has 108 valence electrons. The lowest BCUT2D eigenvalue weighted by Gasteiger charge is -2.13. The molecule has 2 aromatic rings. The van der Waals surface area contributed by atoms with Gasteiger partial charge >= 0.3 is 0 Å². The Morgan fingerprint density at radius 1 is 1.35 bits per heavy atom. The summed E-state index contributed by atoms with van der Waals surface area (Å²) in [5, 5.41) is 10.5. The predicted octanol–water partition coefficient (Wildman–Crippen LogP) is 3.39. The highest BCUT2D eigenvalue weighted by Crippen LogP contribution is 2.27. The molecule has 0 fully saturated rings. The first-order valence-corrected chi connectivity index (χ1v) is 9.10. The van der Waals surface area contributed by atoms with Crippen molar-refractivity contribution in [2.24, 2.45) is 5.14 Å². The average molecular weight is 375 g/mol. The number of hydrogen-bond donors (Lipinski definition) is 2. The van der Waals surface area contributed by atoms with Crippen molar-refractivity contribution in [2.45, 2.75) is 25.3 Å². The minimum atomic E-state index is -3.69. The molecule has 0 spiro atoms. The van der Waals surface area contributed by atoms with E-state index in [0.29, 0.717) is 6.54 Å². The lowest BCUT2D eigenvalue weighted by atomic mass is 10.1. The second-order valence-corrected chi connectivity index (χ2v) is 7.92. The van der Waals surface area contributed by atoms with Crippen LogP contribution in [-0.4, -0.2) is 8.42 Å². The first-order valence-electron chi connectivity index (χ1n) is 5.89. The minimum absolute atomic E-state index is 0.133. The van der Waals surface area contributed by atoms with Gasteiger partial charge in [0.15, 0.2) is 0 Å². The van der Waals surface area contributed by atoms with Gasteiger partial charge in [0.05, 0.1) is 11.4 Å². The summed E-state index contributed by atoms with van der Waals surface area (Å²) in [4.78, 5) is 1.29. The Hall–Kier alpha value is -0.890. The first kappa shape index (κ1) is 15.5. The summed E-state index contributed by atoms with van der Waals surface area (Å²) in [5.41, 5.74) is 2.70. The maximum absolute atomic E-state index is 11.5. The van der Waals surface area contributed by atoms with Crippen molar-refractivity contribution in [1.29, 1.82) is 0 Å². The topological polar surface area (TPSA) is 72.2 Å². The summed E-state index contributed by atoms with van der Waals surface area (Å²) in [6.45, 7) is 4.46. The van der Waals surface area contributed by atoms with Crippen molar-refractivity contribution in [1.82, 2.24) is 0 Å². The highest BCUT2D eigenvalue weighted by atomic mass is 79.9. The number of benzene rings is 1. The zero-order valence-corrected chi connectivity index (χ0v) is 14.3. The summed E-state index contributed by atoms with van der Waals surface area (Å²) in [5.74, 6) is 0. The van der Waals surface area contributed by atoms with Crippen LogP contribution in [0.1, 0.15) is 16.0 Å². The van der Waals surface area contributed by atoms with Crippen LogP contribution < -0.4 is 10.5 Å². The fourth-order valence-corrected chi connectivity index (χ4v) is 3.86. The van der Waals surface area contributed by atoms with E-state index >= 15 is 0 Å². The molecule has 0 bridgehead atoms. The van der Waals surface area contributed by atoms with Gasteiger partial charge < -0.3 is 5.32 Å². The van der Waals surface area contributed by atoms with Crippen molar-refractivity contribution in [3.8, 4) is 0 Å². The minimum Gasteiger partial charge on any atom is -0.380 e. The maximum atomic E-state index is 11.5. The average Bonchev–Trinajstić information content (AvgIpc) is 2.75. The van der Waals surface area contributed by atoms with Crippen LogP contribution in [0.25, 0.3) is 0 Å². The van der Waals surface area contributed by atoms with Crippen LogP contribution in [-0.2, 0) is 16.6 Å². The van der Waals surface area contributed by atoms with Crippen molar-refractivity contribution in [3.63, 3.8) is 0 Å². The van der Waals surface area contributed by atoms with E-state index in [1.54, 1.807) is 23.5 Å². The van der Waals surface area contributed by atoms with E-state index in [1.165, 1.54) is 0 Å². The molecule has 0 unspecified atom stereocenters. The highest BCUT2D eigenvalue weighted by Gasteiger charge is 2.13. The molecule has 0 aliphatic carbocycles. The van der Waals surface area contributed by atoms with Gasteiger partial charge in [-0.15, -0.1) is 11.3 Å². The van der Waals surface area contributed by atoms with Gasteiger partial charge in [-0.25, -0.2) is 13.6 Å². The highest BCUT2D eigenvalue weighted by molar-refractivity contribution is 9.10. The third-order valence-electron chi connectivity index (χ3n) is 3.10. The van der Waals surface area contributed by atoms with E-state index in [0.717, 1.165) is 26.2 Å². The second-order valence-electron chi connectivity index (χ2n) is 4.50. The Kier molecular flexibility index (Phi) is 4.53. The van der Waals surface area contributed by atoms with Gasteiger partial charge in [-0.3, -0.25) is 0 Å². The predicted molar refractivity (Wildman–Crippen MR) is 86.6 cm³/mol. The molecule has 0 aliphatic rings. The molecule has 1 aromatic carbocycles. The largest absolute Gasteiger partial charge is 0.380 e. The number of hydrogen-bond acceptors (Lipinski definition) is 4. The monoisotopic (exact) mass is 374 g/mol. The lowest BCUT2D eigenvalue weighted by molar-refractivity contribution is 0.597. The van der Waals surface area contributed by atoms with E-state index in [1.807, 2.05) is 25.3 Å². The van der Waals surface area contributed by atoms with Crippen LogP contribution in [0.4, 0.5) is 5.69 Å². The summed E-state index contributed by atoms with van der Waals surface area (Å²) in [6, 6.07) is 5.16. The zero-order chi connectivity index (χ0) is 14.9. The first-order chi connectivity index (χ1) is 9.29. The Balaban J connectivity index is 2.32. The molecule has 20 heavy (non-hydrogen) atoms. The van der Waals surface area contributed by atoms with Crippen LogP contribution in [0.5, 0.6) is 0 Å².